The first-order valence-electron chi connectivity index (χ1n) is 3.42. The number of halogens is 1. The molecule has 1 rings (SSSR count). The van der Waals surface area contributed by atoms with Crippen LogP contribution in [0.15, 0.2) is 18.2 Å². The second kappa shape index (κ2) is 3.75. The maximum absolute atomic E-state index is 10.7. The molecule has 0 spiro atoms. The van der Waals surface area contributed by atoms with Crippen LogP contribution in [-0.2, 0) is 4.79 Å². The van der Waals surface area contributed by atoms with Crippen LogP contribution >= 0.6 is 22.6 Å². The zero-order valence-electron chi connectivity index (χ0n) is 6.60. The number of nitrogens with one attached hydrogen (secondary N) is 1. The van der Waals surface area contributed by atoms with Crippen LogP contribution in [0.1, 0.15) is 6.92 Å². The van der Waals surface area contributed by atoms with E-state index in [1.54, 1.807) is 6.07 Å². The van der Waals surface area contributed by atoms with Gasteiger partial charge >= 0.3 is 0 Å². The first kappa shape index (κ1) is 9.31. The second-order valence-corrected chi connectivity index (χ2v) is 3.66. The Kier molecular flexibility index (Phi) is 2.91. The molecule has 1 aromatic rings. The Labute approximate surface area is 84.5 Å². The van der Waals surface area contributed by atoms with Crippen molar-refractivity contribution in [2.24, 2.45) is 0 Å². The molecule has 3 nitrogen and oxygen atoms in total. The van der Waals surface area contributed by atoms with Crippen LogP contribution < -0.4 is 11.1 Å². The maximum atomic E-state index is 10.7. The predicted molar refractivity (Wildman–Crippen MR) is 57.9 cm³/mol. The van der Waals surface area contributed by atoms with Gasteiger partial charge in [0.2, 0.25) is 5.91 Å². The molecule has 1 amide bonds. The average Bonchev–Trinajstić information content (AvgIpc) is 1.94. The molecule has 1 aromatic carbocycles. The van der Waals surface area contributed by atoms with Crippen molar-refractivity contribution in [3.05, 3.63) is 21.8 Å². The Morgan fingerprint density at radius 3 is 2.75 bits per heavy atom. The minimum atomic E-state index is -0.108. The highest BCUT2D eigenvalue weighted by Crippen LogP contribution is 2.20. The van der Waals surface area contributed by atoms with Gasteiger partial charge in [-0.05, 0) is 40.8 Å². The third kappa shape index (κ3) is 2.37. The summed E-state index contributed by atoms with van der Waals surface area (Å²) in [5.74, 6) is -0.108. The number of anilines is 2. The van der Waals surface area contributed by atoms with E-state index in [1.165, 1.54) is 6.92 Å². The van der Waals surface area contributed by atoms with Gasteiger partial charge in [-0.25, -0.2) is 0 Å². The molecule has 0 aliphatic rings. The minimum absolute atomic E-state index is 0.108. The van der Waals surface area contributed by atoms with E-state index >= 15 is 0 Å². The molecule has 0 aliphatic heterocycles. The molecule has 0 heterocycles. The van der Waals surface area contributed by atoms with Gasteiger partial charge in [-0.1, -0.05) is 0 Å². The molecule has 0 saturated carbocycles. The van der Waals surface area contributed by atoms with Gasteiger partial charge in [0.05, 0.1) is 11.4 Å². The summed E-state index contributed by atoms with van der Waals surface area (Å²) in [6, 6.07) is 5.49. The van der Waals surface area contributed by atoms with Crippen LogP contribution in [0.25, 0.3) is 0 Å². The highest BCUT2D eigenvalue weighted by Gasteiger charge is 1.99. The lowest BCUT2D eigenvalue weighted by atomic mass is 10.3. The van der Waals surface area contributed by atoms with E-state index in [4.69, 9.17) is 5.73 Å². The van der Waals surface area contributed by atoms with Crippen LogP contribution in [0.5, 0.6) is 0 Å². The van der Waals surface area contributed by atoms with Crippen molar-refractivity contribution in [3.63, 3.8) is 0 Å². The molecular weight excluding hydrogens is 267 g/mol. The quantitative estimate of drug-likeness (QED) is 0.607. The number of hydrogen-bond donors (Lipinski definition) is 2. The summed E-state index contributed by atoms with van der Waals surface area (Å²) in [6.45, 7) is 1.46. The molecule has 0 radical (unpaired) electrons. The van der Waals surface area contributed by atoms with Crippen molar-refractivity contribution in [2.45, 2.75) is 6.92 Å². The number of nitrogen functional groups attached to an aromatic ring is 1. The molecule has 0 aliphatic carbocycles. The average molecular weight is 276 g/mol. The molecular formula is C8H9IN2O. The Hall–Kier alpha value is -0.780. The van der Waals surface area contributed by atoms with Gasteiger partial charge in [-0.2, -0.15) is 0 Å². The molecule has 0 fully saturated rings. The van der Waals surface area contributed by atoms with Crippen LogP contribution in [0.3, 0.4) is 0 Å². The van der Waals surface area contributed by atoms with Gasteiger partial charge in [0.1, 0.15) is 0 Å². The first-order valence-corrected chi connectivity index (χ1v) is 4.50. The Morgan fingerprint density at radius 2 is 2.25 bits per heavy atom. The van der Waals surface area contributed by atoms with Gasteiger partial charge in [0.15, 0.2) is 0 Å². The highest BCUT2D eigenvalue weighted by atomic mass is 127. The van der Waals surface area contributed by atoms with Crippen LogP contribution in [0, 0.1) is 3.57 Å². The van der Waals surface area contributed by atoms with Gasteiger partial charge in [-0.3, -0.25) is 4.79 Å². The van der Waals surface area contributed by atoms with E-state index in [0.29, 0.717) is 11.4 Å². The molecule has 0 bridgehead atoms. The Morgan fingerprint density at radius 1 is 1.58 bits per heavy atom. The van der Waals surface area contributed by atoms with E-state index < -0.39 is 0 Å². The number of hydrogen-bond acceptors (Lipinski definition) is 2. The standard InChI is InChI=1S/C8H9IN2O/c1-5(12)11-8-3-2-6(9)4-7(8)10/h2-4H,10H2,1H3,(H,11,12). The maximum Gasteiger partial charge on any atom is 0.221 e. The van der Waals surface area contributed by atoms with Crippen molar-refractivity contribution in [1.82, 2.24) is 0 Å². The van der Waals surface area contributed by atoms with Gasteiger partial charge in [0, 0.05) is 10.5 Å². The van der Waals surface area contributed by atoms with E-state index in [-0.39, 0.29) is 5.91 Å². The Balaban J connectivity index is 2.93. The summed E-state index contributed by atoms with van der Waals surface area (Å²) in [7, 11) is 0. The van der Waals surface area contributed by atoms with Crippen molar-refractivity contribution in [3.8, 4) is 0 Å². The first-order chi connectivity index (χ1) is 5.59. The van der Waals surface area contributed by atoms with Gasteiger partial charge < -0.3 is 11.1 Å². The van der Waals surface area contributed by atoms with Gasteiger partial charge in [-0.15, -0.1) is 0 Å². The molecule has 0 atom stereocenters. The monoisotopic (exact) mass is 276 g/mol. The molecule has 64 valence electrons. The Bertz CT molecular complexity index is 312. The number of amides is 1. The van der Waals surface area contributed by atoms with E-state index in [0.717, 1.165) is 3.57 Å². The smallest absolute Gasteiger partial charge is 0.221 e. The molecule has 3 N–H and O–H groups in total. The SMILES string of the molecule is CC(=O)Nc1ccc(I)cc1N. The van der Waals surface area contributed by atoms with Gasteiger partial charge in [0.25, 0.3) is 0 Å². The lowest BCUT2D eigenvalue weighted by molar-refractivity contribution is -0.114. The zero-order valence-corrected chi connectivity index (χ0v) is 8.75. The molecule has 12 heavy (non-hydrogen) atoms. The fourth-order valence-electron chi connectivity index (χ4n) is 0.837. The number of carbonyl (C=O) groups excluding carboxylic acids is 1. The molecule has 4 heteroatoms. The summed E-state index contributed by atoms with van der Waals surface area (Å²) >= 11 is 2.16. The molecule has 0 saturated heterocycles. The van der Waals surface area contributed by atoms with Crippen LogP contribution in [-0.4, -0.2) is 5.91 Å². The number of benzene rings is 1. The number of carbonyl (C=O) groups is 1. The fourth-order valence-corrected chi connectivity index (χ4v) is 1.35. The second-order valence-electron chi connectivity index (χ2n) is 2.41. The molecule has 0 aromatic heterocycles. The van der Waals surface area contributed by atoms with Crippen molar-refractivity contribution in [1.29, 1.82) is 0 Å². The number of nitrogens with two attached hydrogens (primary N) is 1. The van der Waals surface area contributed by atoms with Crippen molar-refractivity contribution in [2.75, 3.05) is 11.1 Å². The van der Waals surface area contributed by atoms with Crippen molar-refractivity contribution < 1.29 is 4.79 Å². The highest BCUT2D eigenvalue weighted by molar-refractivity contribution is 14.1. The van der Waals surface area contributed by atoms with E-state index in [9.17, 15) is 4.79 Å². The summed E-state index contributed by atoms with van der Waals surface area (Å²) in [4.78, 5) is 10.7. The van der Waals surface area contributed by atoms with Crippen LogP contribution in [0.4, 0.5) is 11.4 Å². The lowest BCUT2D eigenvalue weighted by Gasteiger charge is -2.05. The summed E-state index contributed by atoms with van der Waals surface area (Å²) in [5, 5.41) is 2.63. The summed E-state index contributed by atoms with van der Waals surface area (Å²) in [6.07, 6.45) is 0. The number of rotatable bonds is 1. The largest absolute Gasteiger partial charge is 0.397 e. The van der Waals surface area contributed by atoms with E-state index in [1.807, 2.05) is 12.1 Å². The molecule has 0 unspecified atom stereocenters. The normalized spacial score (nSPS) is 9.50. The summed E-state index contributed by atoms with van der Waals surface area (Å²) < 4.78 is 1.05. The predicted octanol–water partition coefficient (Wildman–Crippen LogP) is 1.83. The third-order valence-electron chi connectivity index (χ3n) is 1.32. The zero-order chi connectivity index (χ0) is 9.14. The minimum Gasteiger partial charge on any atom is -0.397 e. The fraction of sp³-hybridized carbons (Fsp3) is 0.125. The van der Waals surface area contributed by atoms with E-state index in [2.05, 4.69) is 27.9 Å². The topological polar surface area (TPSA) is 55.1 Å². The lowest BCUT2D eigenvalue weighted by Crippen LogP contribution is -2.07. The van der Waals surface area contributed by atoms with Crippen molar-refractivity contribution >= 4 is 39.9 Å². The summed E-state index contributed by atoms with van der Waals surface area (Å²) in [5.41, 5.74) is 6.91. The van der Waals surface area contributed by atoms with Crippen LogP contribution in [0.2, 0.25) is 0 Å². The third-order valence-corrected chi connectivity index (χ3v) is 2.00.